The summed E-state index contributed by atoms with van der Waals surface area (Å²) in [4.78, 5) is 13.1. The summed E-state index contributed by atoms with van der Waals surface area (Å²) in [5, 5.41) is 2.85. The Bertz CT molecular complexity index is 1140. The van der Waals surface area contributed by atoms with Crippen molar-refractivity contribution < 1.29 is 22.7 Å². The van der Waals surface area contributed by atoms with E-state index in [1.165, 1.54) is 0 Å². The normalized spacial score (nSPS) is 11.2. The number of hydrogen-bond acceptors (Lipinski definition) is 5. The first-order valence-corrected chi connectivity index (χ1v) is 11.4. The Hall–Kier alpha value is -3.16. The van der Waals surface area contributed by atoms with Gasteiger partial charge in [0.05, 0.1) is 22.9 Å². The minimum absolute atomic E-state index is 0.186. The van der Waals surface area contributed by atoms with Crippen molar-refractivity contribution in [2.24, 2.45) is 0 Å². The molecule has 162 valence electrons. The highest BCUT2D eigenvalue weighted by molar-refractivity contribution is 7.90. The lowest BCUT2D eigenvalue weighted by Crippen LogP contribution is -2.14. The standard InChI is InChI=1S/C24H25NO5S/c1-18-11-12-22(23(15-18)30-14-13-29-2)25-24(26)20-8-6-7-19(16-20)17-31(27,28)21-9-4-3-5-10-21/h3-12,15-16H,13-14,17H2,1-2H3,(H,25,26). The highest BCUT2D eigenvalue weighted by Gasteiger charge is 2.17. The van der Waals surface area contributed by atoms with Gasteiger partial charge in [-0.05, 0) is 54.4 Å². The number of benzene rings is 3. The number of carbonyl (C=O) groups is 1. The average molecular weight is 440 g/mol. The molecular formula is C24H25NO5S. The summed E-state index contributed by atoms with van der Waals surface area (Å²) < 4.78 is 36.0. The Kier molecular flexibility index (Phi) is 7.44. The van der Waals surface area contributed by atoms with Crippen molar-refractivity contribution >= 4 is 21.4 Å². The molecule has 3 rings (SSSR count). The van der Waals surface area contributed by atoms with Gasteiger partial charge in [0, 0.05) is 12.7 Å². The van der Waals surface area contributed by atoms with E-state index in [-0.39, 0.29) is 16.6 Å². The van der Waals surface area contributed by atoms with Gasteiger partial charge in [0.2, 0.25) is 0 Å². The number of amides is 1. The van der Waals surface area contributed by atoms with Crippen LogP contribution in [0.1, 0.15) is 21.5 Å². The Morgan fingerprint density at radius 3 is 2.45 bits per heavy atom. The Morgan fingerprint density at radius 1 is 0.935 bits per heavy atom. The minimum atomic E-state index is -3.50. The van der Waals surface area contributed by atoms with Crippen molar-refractivity contribution in [1.82, 2.24) is 0 Å². The predicted molar refractivity (Wildman–Crippen MR) is 120 cm³/mol. The van der Waals surface area contributed by atoms with Crippen LogP contribution in [0.15, 0.2) is 77.7 Å². The quantitative estimate of drug-likeness (QED) is 0.504. The second-order valence-electron chi connectivity index (χ2n) is 7.07. The summed E-state index contributed by atoms with van der Waals surface area (Å²) in [5.41, 5.74) is 2.44. The van der Waals surface area contributed by atoms with Gasteiger partial charge in [-0.1, -0.05) is 36.4 Å². The van der Waals surface area contributed by atoms with E-state index in [2.05, 4.69) is 5.32 Å². The number of nitrogens with one attached hydrogen (secondary N) is 1. The van der Waals surface area contributed by atoms with Crippen LogP contribution in [0.2, 0.25) is 0 Å². The maximum absolute atomic E-state index is 12.8. The molecule has 7 heteroatoms. The Balaban J connectivity index is 1.77. The number of ether oxygens (including phenoxy) is 2. The van der Waals surface area contributed by atoms with Gasteiger partial charge in [-0.15, -0.1) is 0 Å². The van der Waals surface area contributed by atoms with Gasteiger partial charge in [-0.2, -0.15) is 0 Å². The summed E-state index contributed by atoms with van der Waals surface area (Å²) in [6.07, 6.45) is 0. The number of hydrogen-bond donors (Lipinski definition) is 1. The summed E-state index contributed by atoms with van der Waals surface area (Å²) in [6, 6.07) is 20.4. The van der Waals surface area contributed by atoms with Gasteiger partial charge >= 0.3 is 0 Å². The minimum Gasteiger partial charge on any atom is -0.489 e. The van der Waals surface area contributed by atoms with Crippen LogP contribution < -0.4 is 10.1 Å². The highest BCUT2D eigenvalue weighted by Crippen LogP contribution is 2.26. The number of methoxy groups -OCH3 is 1. The Morgan fingerprint density at radius 2 is 1.71 bits per heavy atom. The molecule has 1 amide bonds. The first-order chi connectivity index (χ1) is 14.9. The van der Waals surface area contributed by atoms with Crippen molar-refractivity contribution in [3.63, 3.8) is 0 Å². The zero-order valence-corrected chi connectivity index (χ0v) is 18.3. The molecule has 0 aliphatic heterocycles. The fourth-order valence-corrected chi connectivity index (χ4v) is 4.37. The molecule has 0 atom stereocenters. The molecule has 1 N–H and O–H groups in total. The first kappa shape index (κ1) is 22.5. The van der Waals surface area contributed by atoms with Crippen LogP contribution in [-0.2, 0) is 20.3 Å². The predicted octanol–water partition coefficient (Wildman–Crippen LogP) is 4.25. The lowest BCUT2D eigenvalue weighted by atomic mass is 10.1. The summed E-state index contributed by atoms with van der Waals surface area (Å²) in [6.45, 7) is 2.72. The lowest BCUT2D eigenvalue weighted by molar-refractivity contribution is 0.102. The van der Waals surface area contributed by atoms with E-state index >= 15 is 0 Å². The van der Waals surface area contributed by atoms with Crippen molar-refractivity contribution in [3.8, 4) is 5.75 Å². The van der Waals surface area contributed by atoms with Crippen LogP contribution >= 0.6 is 0 Å². The smallest absolute Gasteiger partial charge is 0.255 e. The molecule has 6 nitrogen and oxygen atoms in total. The summed E-state index contributed by atoms with van der Waals surface area (Å²) >= 11 is 0. The summed E-state index contributed by atoms with van der Waals surface area (Å²) in [7, 11) is -1.91. The zero-order valence-electron chi connectivity index (χ0n) is 17.5. The second-order valence-corrected chi connectivity index (χ2v) is 9.06. The van der Waals surface area contributed by atoms with Crippen LogP contribution in [0.3, 0.4) is 0 Å². The molecule has 0 unspecified atom stereocenters. The molecule has 31 heavy (non-hydrogen) atoms. The van der Waals surface area contributed by atoms with E-state index in [1.807, 2.05) is 19.1 Å². The molecule has 0 saturated heterocycles. The largest absolute Gasteiger partial charge is 0.489 e. The Labute approximate surface area is 182 Å². The van der Waals surface area contributed by atoms with E-state index < -0.39 is 9.84 Å². The summed E-state index contributed by atoms with van der Waals surface area (Å²) in [5.74, 6) is 0.0150. The van der Waals surface area contributed by atoms with Gasteiger partial charge in [0.25, 0.3) is 5.91 Å². The topological polar surface area (TPSA) is 81.7 Å². The van der Waals surface area contributed by atoms with Crippen LogP contribution in [0.4, 0.5) is 5.69 Å². The molecule has 0 spiro atoms. The lowest BCUT2D eigenvalue weighted by Gasteiger charge is -2.14. The van der Waals surface area contributed by atoms with Crippen molar-refractivity contribution in [2.75, 3.05) is 25.6 Å². The number of carbonyl (C=O) groups excluding carboxylic acids is 1. The number of anilines is 1. The van der Waals surface area contributed by atoms with Crippen molar-refractivity contribution in [3.05, 3.63) is 89.5 Å². The third-order valence-corrected chi connectivity index (χ3v) is 6.28. The molecule has 0 saturated carbocycles. The van der Waals surface area contributed by atoms with Gasteiger partial charge in [0.15, 0.2) is 9.84 Å². The maximum Gasteiger partial charge on any atom is 0.255 e. The second kappa shape index (κ2) is 10.2. The third kappa shape index (κ3) is 6.16. The highest BCUT2D eigenvalue weighted by atomic mass is 32.2. The van der Waals surface area contributed by atoms with Gasteiger partial charge in [0.1, 0.15) is 12.4 Å². The fourth-order valence-electron chi connectivity index (χ4n) is 3.01. The number of rotatable bonds is 9. The number of sulfone groups is 1. The van der Waals surface area contributed by atoms with Crippen LogP contribution in [-0.4, -0.2) is 34.6 Å². The molecule has 0 aliphatic rings. The first-order valence-electron chi connectivity index (χ1n) is 9.79. The maximum atomic E-state index is 12.8. The molecule has 0 aliphatic carbocycles. The molecule has 0 bridgehead atoms. The average Bonchev–Trinajstić information content (AvgIpc) is 2.76. The van der Waals surface area contributed by atoms with Gasteiger partial charge < -0.3 is 14.8 Å². The van der Waals surface area contributed by atoms with Crippen LogP contribution in [0.5, 0.6) is 5.75 Å². The van der Waals surface area contributed by atoms with E-state index in [4.69, 9.17) is 9.47 Å². The molecule has 0 aromatic heterocycles. The van der Waals surface area contributed by atoms with Crippen molar-refractivity contribution in [1.29, 1.82) is 0 Å². The molecule has 0 heterocycles. The van der Waals surface area contributed by atoms with E-state index in [0.717, 1.165) is 5.56 Å². The van der Waals surface area contributed by atoms with Crippen LogP contribution in [0.25, 0.3) is 0 Å². The zero-order chi connectivity index (χ0) is 22.3. The molecule has 3 aromatic carbocycles. The third-order valence-electron chi connectivity index (χ3n) is 4.58. The monoisotopic (exact) mass is 439 g/mol. The van der Waals surface area contributed by atoms with E-state index in [0.29, 0.717) is 35.8 Å². The molecule has 0 radical (unpaired) electrons. The number of aryl methyl sites for hydroxylation is 1. The van der Waals surface area contributed by atoms with E-state index in [9.17, 15) is 13.2 Å². The molecule has 3 aromatic rings. The SMILES string of the molecule is COCCOc1cc(C)ccc1NC(=O)c1cccc(CS(=O)(=O)c2ccccc2)c1. The van der Waals surface area contributed by atoms with Gasteiger partial charge in [-0.25, -0.2) is 8.42 Å². The van der Waals surface area contributed by atoms with E-state index in [1.54, 1.807) is 67.8 Å². The van der Waals surface area contributed by atoms with Crippen LogP contribution in [0, 0.1) is 6.92 Å². The fraction of sp³-hybridized carbons (Fsp3) is 0.208. The van der Waals surface area contributed by atoms with Crippen molar-refractivity contribution in [2.45, 2.75) is 17.6 Å². The molecular weight excluding hydrogens is 414 g/mol. The van der Waals surface area contributed by atoms with Gasteiger partial charge in [-0.3, -0.25) is 4.79 Å². The molecule has 0 fully saturated rings.